The molecule has 0 spiro atoms. The van der Waals surface area contributed by atoms with Crippen molar-refractivity contribution < 1.29 is 0 Å². The third-order valence-corrected chi connectivity index (χ3v) is 34.4. The topological polar surface area (TPSA) is 0 Å². The lowest BCUT2D eigenvalue weighted by Gasteiger charge is -2.20. The van der Waals surface area contributed by atoms with Gasteiger partial charge in [0, 0.05) is 175 Å². The van der Waals surface area contributed by atoms with Crippen LogP contribution in [0.25, 0.3) is 284 Å². The van der Waals surface area contributed by atoms with Crippen molar-refractivity contribution >= 4 is 330 Å². The number of halogens is 1. The van der Waals surface area contributed by atoms with Crippen molar-refractivity contribution in [3.63, 3.8) is 0 Å². The zero-order valence-electron chi connectivity index (χ0n) is 67.9. The second kappa shape index (κ2) is 28.0. The van der Waals surface area contributed by atoms with Crippen LogP contribution in [0.2, 0.25) is 5.02 Å². The summed E-state index contributed by atoms with van der Waals surface area (Å²) in [6.07, 6.45) is 0. The number of hydrogen-bond acceptors (Lipinski definition) is 6. The fourth-order valence-electron chi connectivity index (χ4n) is 21.8. The van der Waals surface area contributed by atoms with Crippen LogP contribution >= 0.6 is 79.6 Å². The molecular formula is C120H65ClS6. The first-order valence-electron chi connectivity index (χ1n) is 43.2. The van der Waals surface area contributed by atoms with Gasteiger partial charge in [-0.3, -0.25) is 0 Å². The van der Waals surface area contributed by atoms with E-state index in [4.69, 9.17) is 11.6 Å². The second-order valence-electron chi connectivity index (χ2n) is 33.7. The summed E-state index contributed by atoms with van der Waals surface area (Å²) in [6.45, 7) is 0. The Labute approximate surface area is 755 Å². The maximum absolute atomic E-state index is 7.09. The molecule has 0 fully saturated rings. The number of rotatable bonds is 3. The number of hydrogen-bond donors (Lipinski definition) is 0. The zero-order chi connectivity index (χ0) is 83.0. The van der Waals surface area contributed by atoms with Gasteiger partial charge < -0.3 is 0 Å². The summed E-state index contributed by atoms with van der Waals surface area (Å²) in [4.78, 5) is 0. The highest BCUT2D eigenvalue weighted by Crippen LogP contribution is 2.57. The average molecular weight is 1730 g/mol. The maximum Gasteiger partial charge on any atom is 0.0491 e. The highest BCUT2D eigenvalue weighted by molar-refractivity contribution is 7.28. The van der Waals surface area contributed by atoms with Crippen molar-refractivity contribution in [1.82, 2.24) is 0 Å². The van der Waals surface area contributed by atoms with E-state index in [1.165, 1.54) is 278 Å². The molecular weight excluding hydrogens is 1670 g/mol. The summed E-state index contributed by atoms with van der Waals surface area (Å²) >= 11 is 18.6. The summed E-state index contributed by atoms with van der Waals surface area (Å²) in [5.74, 6) is 0. The van der Waals surface area contributed by atoms with Crippen molar-refractivity contribution in [3.8, 4) is 33.4 Å². The molecule has 0 radical (unpaired) electrons. The summed E-state index contributed by atoms with van der Waals surface area (Å²) in [7, 11) is 0. The van der Waals surface area contributed by atoms with Crippen LogP contribution in [0.3, 0.4) is 0 Å². The molecule has 6 aromatic heterocycles. The first-order chi connectivity index (χ1) is 62.9. The van der Waals surface area contributed by atoms with Gasteiger partial charge >= 0.3 is 0 Å². The van der Waals surface area contributed by atoms with E-state index in [2.05, 4.69) is 394 Å². The van der Waals surface area contributed by atoms with Crippen LogP contribution in [-0.2, 0) is 0 Å². The van der Waals surface area contributed by atoms with Crippen LogP contribution in [-0.4, -0.2) is 0 Å². The zero-order valence-corrected chi connectivity index (χ0v) is 73.5. The highest BCUT2D eigenvalue weighted by Gasteiger charge is 2.27. The molecule has 0 aliphatic rings. The monoisotopic (exact) mass is 1730 g/mol. The third kappa shape index (κ3) is 10.7. The summed E-state index contributed by atoms with van der Waals surface area (Å²) < 4.78 is 16.1. The van der Waals surface area contributed by atoms with Crippen molar-refractivity contribution in [2.45, 2.75) is 0 Å². The van der Waals surface area contributed by atoms with Crippen LogP contribution in [0.4, 0.5) is 0 Å². The van der Waals surface area contributed by atoms with Gasteiger partial charge in [0.25, 0.3) is 0 Å². The average Bonchev–Trinajstić information content (AvgIpc) is 0.697. The molecule has 0 saturated heterocycles. The second-order valence-corrected chi connectivity index (χ2v) is 40.5. The molecule has 0 saturated carbocycles. The number of fused-ring (bicyclic) bond motifs is 30. The molecule has 127 heavy (non-hydrogen) atoms. The van der Waals surface area contributed by atoms with E-state index in [0.717, 1.165) is 10.4 Å². The van der Waals surface area contributed by atoms with E-state index in [1.807, 2.05) is 68.0 Å². The Morgan fingerprint density at radius 1 is 0.134 bits per heavy atom. The van der Waals surface area contributed by atoms with Crippen molar-refractivity contribution in [3.05, 3.63) is 399 Å². The van der Waals surface area contributed by atoms with Crippen LogP contribution in [0, 0.1) is 0 Å². The van der Waals surface area contributed by atoms with E-state index in [1.54, 1.807) is 0 Å². The third-order valence-electron chi connectivity index (χ3n) is 27.1. The van der Waals surface area contributed by atoms with Gasteiger partial charge in [-0.1, -0.05) is 327 Å². The van der Waals surface area contributed by atoms with Crippen molar-refractivity contribution in [2.75, 3.05) is 0 Å². The molecule has 588 valence electrons. The van der Waals surface area contributed by atoms with Crippen molar-refractivity contribution in [2.24, 2.45) is 0 Å². The normalized spacial score (nSPS) is 12.3. The molecule has 0 N–H and O–H groups in total. The van der Waals surface area contributed by atoms with Crippen molar-refractivity contribution in [1.29, 1.82) is 0 Å². The summed E-state index contributed by atoms with van der Waals surface area (Å²) in [5, 5.41) is 48.7. The van der Waals surface area contributed by atoms with Crippen LogP contribution in [0.15, 0.2) is 394 Å². The predicted octanol–water partition coefficient (Wildman–Crippen LogP) is 38.8. The van der Waals surface area contributed by atoms with E-state index < -0.39 is 0 Å². The lowest BCUT2D eigenvalue weighted by Crippen LogP contribution is -1.91. The molecule has 0 amide bonds. The molecule has 30 rings (SSSR count). The van der Waals surface area contributed by atoms with Gasteiger partial charge in [-0.25, -0.2) is 0 Å². The first-order valence-corrected chi connectivity index (χ1v) is 48.4. The Morgan fingerprint density at radius 2 is 0.402 bits per heavy atom. The van der Waals surface area contributed by atoms with Crippen LogP contribution in [0.5, 0.6) is 0 Å². The molecule has 0 aliphatic carbocycles. The first kappa shape index (κ1) is 72.3. The largest absolute Gasteiger partial charge is 0.135 e. The molecule has 0 aliphatic heterocycles. The molecule has 0 unspecified atom stereocenters. The Morgan fingerprint density at radius 3 is 0.819 bits per heavy atom. The minimum absolute atomic E-state index is 0.798. The smallest absolute Gasteiger partial charge is 0.0491 e. The van der Waals surface area contributed by atoms with Gasteiger partial charge in [0.1, 0.15) is 0 Å². The molecule has 30 aromatic rings. The Bertz CT molecular complexity index is 9680. The molecule has 6 heterocycles. The fourth-order valence-corrected chi connectivity index (χ4v) is 29.3. The standard InChI is InChI=1S/C52H29ClS2.2C34H18S2/c53-44-29-43-48-40-22-12-23-45-49(40)47(39-21-11-24-46(50(39)48)55-52(43)38-20-10-8-18-36(38)44)42-28-41(35-17-7-9-19-37(35)51(42)54-45)34-26-32(30-13-3-1-4-14-30)25-33(27-34)31-15-5-2-6-16-31;1-3-9-21-19(7-1)15-17-25-29-23-11-6-14-28-32(23)30(24-12-5-13-27(31(24)29)35-33(21)25)26-18-16-20-8-2-4-10-22(20)34(26)36-28;1-3-9-21-19(7-1)15-17-27-29(21)33-23-11-5-14-26-32(23)34(24-12-6-13-25(35-27)31(24)33)30-22-10-4-2-8-20(22)16-18-28(30)36-26/h1-29H;2*1-18H. The maximum atomic E-state index is 7.09. The van der Waals surface area contributed by atoms with Gasteiger partial charge in [0.2, 0.25) is 0 Å². The minimum atomic E-state index is 0.798. The Balaban J connectivity index is 0.000000100. The summed E-state index contributed by atoms with van der Waals surface area (Å²) in [6, 6.07) is 146. The van der Waals surface area contributed by atoms with Gasteiger partial charge in [-0.15, -0.1) is 68.0 Å². The fraction of sp³-hybridized carbons (Fsp3) is 0. The van der Waals surface area contributed by atoms with Crippen LogP contribution in [0.1, 0.15) is 0 Å². The molecule has 0 nitrogen and oxygen atoms in total. The molecule has 24 aromatic carbocycles. The van der Waals surface area contributed by atoms with Gasteiger partial charge in [-0.05, 0) is 193 Å². The van der Waals surface area contributed by atoms with Gasteiger partial charge in [0.05, 0.1) is 0 Å². The van der Waals surface area contributed by atoms with E-state index in [0.29, 0.717) is 0 Å². The Kier molecular flexibility index (Phi) is 15.9. The molecule has 0 bridgehead atoms. The number of benzene rings is 24. The quantitative estimate of drug-likeness (QED) is 0.122. The lowest BCUT2D eigenvalue weighted by atomic mass is 9.88. The lowest BCUT2D eigenvalue weighted by molar-refractivity contribution is 1.58. The minimum Gasteiger partial charge on any atom is -0.135 e. The highest BCUT2D eigenvalue weighted by atomic mass is 35.5. The summed E-state index contributed by atoms with van der Waals surface area (Å²) in [5.41, 5.74) is 7.31. The Hall–Kier alpha value is -14.0. The predicted molar refractivity (Wildman–Crippen MR) is 568 cm³/mol. The van der Waals surface area contributed by atoms with Gasteiger partial charge in [0.15, 0.2) is 0 Å². The van der Waals surface area contributed by atoms with E-state index in [9.17, 15) is 0 Å². The van der Waals surface area contributed by atoms with Gasteiger partial charge in [-0.2, -0.15) is 0 Å². The van der Waals surface area contributed by atoms with E-state index in [-0.39, 0.29) is 0 Å². The molecule has 7 heteroatoms. The molecule has 0 atom stereocenters. The SMILES string of the molecule is Clc1cc2c(sc3cccc4c3c2c2cccc3sc5c6ccccc6c(-c6cc(-c7ccccc7)cc(-c7ccccc7)c6)cc5c4c32)c2ccccc12.c1ccc2c(c1)ccc1c2sc2cccc3c2c1c1cccc2sc4c5ccccc5ccc4c3c21.c1ccc2c(c1)ccc1sc3cccc4c3c(c3cccc5sc6ccc7ccccc7c6c4c53)c12. The van der Waals surface area contributed by atoms with E-state index >= 15 is 0 Å². The van der Waals surface area contributed by atoms with Crippen LogP contribution < -0.4 is 0 Å².